The van der Waals surface area contributed by atoms with Crippen LogP contribution in [0.3, 0.4) is 0 Å². The summed E-state index contributed by atoms with van der Waals surface area (Å²) in [7, 11) is 0. The highest BCUT2D eigenvalue weighted by Gasteiger charge is 2.25. The molecule has 2 aromatic heterocycles. The summed E-state index contributed by atoms with van der Waals surface area (Å²) < 4.78 is 5.41. The van der Waals surface area contributed by atoms with Crippen LogP contribution in [0.15, 0.2) is 11.0 Å². The smallest absolute Gasteiger partial charge is 0.255 e. The van der Waals surface area contributed by atoms with Gasteiger partial charge in [0.2, 0.25) is 0 Å². The predicted octanol–water partition coefficient (Wildman–Crippen LogP) is 1.92. The summed E-state index contributed by atoms with van der Waals surface area (Å²) in [6.07, 6.45) is 2.79. The van der Waals surface area contributed by atoms with E-state index in [-0.39, 0.29) is 11.0 Å². The van der Waals surface area contributed by atoms with Gasteiger partial charge in [-0.25, -0.2) is 9.97 Å². The van der Waals surface area contributed by atoms with Gasteiger partial charge in [-0.2, -0.15) is 0 Å². The van der Waals surface area contributed by atoms with Crippen LogP contribution in [-0.2, 0) is 29.7 Å². The first-order valence-electron chi connectivity index (χ1n) is 9.52. The molecule has 0 aromatic carbocycles. The Hall–Kier alpha value is -1.77. The highest BCUT2D eigenvalue weighted by Crippen LogP contribution is 2.26. The molecule has 0 spiro atoms. The van der Waals surface area contributed by atoms with Crippen molar-refractivity contribution in [1.29, 1.82) is 0 Å². The van der Waals surface area contributed by atoms with E-state index in [4.69, 9.17) is 9.72 Å². The van der Waals surface area contributed by atoms with Crippen LogP contribution in [0.25, 0.3) is 0 Å². The molecule has 8 heteroatoms. The number of ether oxygens (including phenoxy) is 1. The Balaban J connectivity index is 1.46. The van der Waals surface area contributed by atoms with Crippen LogP contribution < -0.4 is 10.5 Å². The van der Waals surface area contributed by atoms with Crippen molar-refractivity contribution < 1.29 is 4.74 Å². The van der Waals surface area contributed by atoms with Gasteiger partial charge in [0.1, 0.15) is 5.82 Å². The zero-order valence-electron chi connectivity index (χ0n) is 16.2. The summed E-state index contributed by atoms with van der Waals surface area (Å²) in [5.41, 5.74) is 1.63. The van der Waals surface area contributed by atoms with Gasteiger partial charge in [0.05, 0.1) is 24.5 Å². The van der Waals surface area contributed by atoms with Gasteiger partial charge in [0.25, 0.3) is 5.56 Å². The number of nitrogens with zero attached hydrogens (tertiary/aromatic N) is 4. The first kappa shape index (κ1) is 18.6. The molecule has 1 N–H and O–H groups in total. The molecule has 0 amide bonds. The van der Waals surface area contributed by atoms with Crippen LogP contribution in [0.5, 0.6) is 0 Å². The Morgan fingerprint density at radius 3 is 2.78 bits per heavy atom. The maximum absolute atomic E-state index is 12.6. The molecule has 0 atom stereocenters. The van der Waals surface area contributed by atoms with E-state index in [2.05, 4.69) is 40.5 Å². The highest BCUT2D eigenvalue weighted by molar-refractivity contribution is 7.15. The molecule has 4 rings (SSSR count). The maximum Gasteiger partial charge on any atom is 0.255 e. The number of morpholine rings is 1. The first-order valence-corrected chi connectivity index (χ1v) is 10.3. The zero-order valence-corrected chi connectivity index (χ0v) is 17.1. The monoisotopic (exact) mass is 389 g/mol. The van der Waals surface area contributed by atoms with Crippen LogP contribution in [0.2, 0.25) is 0 Å². The number of rotatable bonds is 3. The number of aromatic nitrogens is 3. The van der Waals surface area contributed by atoms with E-state index in [1.165, 1.54) is 4.88 Å². The number of thiazole rings is 1. The third-order valence-corrected chi connectivity index (χ3v) is 6.10. The highest BCUT2D eigenvalue weighted by atomic mass is 32.1. The van der Waals surface area contributed by atoms with Crippen LogP contribution in [-0.4, -0.2) is 52.7 Å². The number of hydrogen-bond acceptors (Lipinski definition) is 7. The van der Waals surface area contributed by atoms with Gasteiger partial charge >= 0.3 is 0 Å². The Kier molecular flexibility index (Phi) is 5.05. The Morgan fingerprint density at radius 2 is 2.04 bits per heavy atom. The fourth-order valence-electron chi connectivity index (χ4n) is 3.46. The summed E-state index contributed by atoms with van der Waals surface area (Å²) in [6, 6.07) is 0. The second-order valence-electron chi connectivity index (χ2n) is 8.26. The lowest BCUT2D eigenvalue weighted by atomic mass is 9.95. The van der Waals surface area contributed by atoms with Crippen molar-refractivity contribution in [2.75, 3.05) is 37.7 Å². The third kappa shape index (κ3) is 4.07. The molecule has 1 fully saturated rings. The Labute approximate surface area is 163 Å². The van der Waals surface area contributed by atoms with E-state index < -0.39 is 0 Å². The van der Waals surface area contributed by atoms with Crippen molar-refractivity contribution in [2.24, 2.45) is 0 Å². The topological polar surface area (TPSA) is 74.4 Å². The number of nitrogens with one attached hydrogen (secondary N) is 1. The summed E-state index contributed by atoms with van der Waals surface area (Å²) in [4.78, 5) is 30.7. The van der Waals surface area contributed by atoms with Crippen LogP contribution in [0.4, 0.5) is 5.13 Å². The number of H-pyrrole nitrogens is 1. The number of anilines is 1. The van der Waals surface area contributed by atoms with Gasteiger partial charge in [-0.15, -0.1) is 11.3 Å². The molecule has 0 saturated carbocycles. The van der Waals surface area contributed by atoms with E-state index in [9.17, 15) is 4.79 Å². The fraction of sp³-hybridized carbons (Fsp3) is 0.632. The molecule has 7 nitrogen and oxygen atoms in total. The molecule has 2 aliphatic heterocycles. The molecule has 2 aliphatic rings. The molecule has 2 aromatic rings. The summed E-state index contributed by atoms with van der Waals surface area (Å²) in [5, 5.41) is 1.07. The minimum Gasteiger partial charge on any atom is -0.378 e. The molecule has 0 radical (unpaired) electrons. The first-order chi connectivity index (χ1) is 12.9. The molecule has 4 heterocycles. The second kappa shape index (κ2) is 7.33. The second-order valence-corrected chi connectivity index (χ2v) is 9.35. The van der Waals surface area contributed by atoms with Crippen molar-refractivity contribution in [3.05, 3.63) is 38.5 Å². The van der Waals surface area contributed by atoms with Crippen molar-refractivity contribution in [3.63, 3.8) is 0 Å². The fourth-order valence-corrected chi connectivity index (χ4v) is 4.47. The minimum absolute atomic E-state index is 0.00735. The molecule has 0 bridgehead atoms. The average molecular weight is 390 g/mol. The molecular formula is C19H27N5O2S. The number of aromatic amines is 1. The lowest BCUT2D eigenvalue weighted by molar-refractivity contribution is 0.122. The van der Waals surface area contributed by atoms with Gasteiger partial charge in [0.15, 0.2) is 5.13 Å². The maximum atomic E-state index is 12.6. The summed E-state index contributed by atoms with van der Waals surface area (Å²) >= 11 is 1.74. The van der Waals surface area contributed by atoms with E-state index in [1.54, 1.807) is 11.3 Å². The minimum atomic E-state index is -0.149. The van der Waals surface area contributed by atoms with E-state index in [1.807, 2.05) is 6.20 Å². The lowest BCUT2D eigenvalue weighted by Gasteiger charge is -2.28. The average Bonchev–Trinajstić information content (AvgIpc) is 3.10. The van der Waals surface area contributed by atoms with Gasteiger partial charge in [-0.1, -0.05) is 20.8 Å². The van der Waals surface area contributed by atoms with Gasteiger partial charge in [0, 0.05) is 55.6 Å². The van der Waals surface area contributed by atoms with E-state index in [0.29, 0.717) is 6.54 Å². The van der Waals surface area contributed by atoms with Gasteiger partial charge in [-0.05, 0) is 0 Å². The molecular weight excluding hydrogens is 362 g/mol. The lowest BCUT2D eigenvalue weighted by Crippen LogP contribution is -2.37. The summed E-state index contributed by atoms with van der Waals surface area (Å²) in [5.74, 6) is 0.775. The van der Waals surface area contributed by atoms with Crippen LogP contribution in [0, 0.1) is 0 Å². The molecule has 27 heavy (non-hydrogen) atoms. The van der Waals surface area contributed by atoms with Crippen molar-refractivity contribution in [3.8, 4) is 0 Å². The number of hydrogen-bond donors (Lipinski definition) is 1. The normalized spacial score (nSPS) is 18.6. The predicted molar refractivity (Wildman–Crippen MR) is 107 cm³/mol. The van der Waals surface area contributed by atoms with E-state index >= 15 is 0 Å². The van der Waals surface area contributed by atoms with Crippen molar-refractivity contribution >= 4 is 16.5 Å². The Bertz CT molecular complexity index is 864. The van der Waals surface area contributed by atoms with E-state index in [0.717, 1.165) is 68.0 Å². The molecule has 0 aliphatic carbocycles. The molecule has 0 unspecified atom stereocenters. The largest absolute Gasteiger partial charge is 0.378 e. The van der Waals surface area contributed by atoms with Gasteiger partial charge < -0.3 is 14.6 Å². The van der Waals surface area contributed by atoms with Crippen molar-refractivity contribution in [1.82, 2.24) is 19.9 Å². The molecule has 1 saturated heterocycles. The standard InChI is InChI=1S/C19H27N5O2S/c1-19(2,3)17-21-15-4-5-23(12-14(15)16(25)22-17)11-13-10-20-18(27-13)24-6-8-26-9-7-24/h10H,4-9,11-12H2,1-3H3,(H,21,22,25). The third-order valence-electron chi connectivity index (χ3n) is 5.06. The molecule has 146 valence electrons. The quantitative estimate of drug-likeness (QED) is 0.865. The zero-order chi connectivity index (χ0) is 19.0. The van der Waals surface area contributed by atoms with Crippen molar-refractivity contribution in [2.45, 2.75) is 45.7 Å². The number of fused-ring (bicyclic) bond motifs is 1. The summed E-state index contributed by atoms with van der Waals surface area (Å²) in [6.45, 7) is 11.9. The van der Waals surface area contributed by atoms with Gasteiger partial charge in [-0.3, -0.25) is 9.69 Å². The van der Waals surface area contributed by atoms with Crippen LogP contribution in [0.1, 0.15) is 42.7 Å². The van der Waals surface area contributed by atoms with Crippen LogP contribution >= 0.6 is 11.3 Å². The SMILES string of the molecule is CC(C)(C)c1nc2c(c(=O)[nH]1)CN(Cc1cnc(N3CCOCC3)s1)CC2. The Morgan fingerprint density at radius 1 is 1.26 bits per heavy atom.